The Morgan fingerprint density at radius 1 is 1.38 bits per heavy atom. The number of aryl methyl sites for hydroxylation is 1. The second-order valence-corrected chi connectivity index (χ2v) is 5.58. The van der Waals surface area contributed by atoms with E-state index >= 15 is 0 Å². The minimum Gasteiger partial charge on any atom is -0.320 e. The number of hydrogen-bond donors (Lipinski definition) is 2. The van der Waals surface area contributed by atoms with Crippen molar-refractivity contribution in [1.29, 1.82) is 0 Å². The third-order valence-corrected chi connectivity index (χ3v) is 3.72. The van der Waals surface area contributed by atoms with E-state index in [-0.39, 0.29) is 17.2 Å². The molecule has 0 saturated heterocycles. The monoisotopic (exact) mass is 303 g/mol. The second kappa shape index (κ2) is 6.58. The van der Waals surface area contributed by atoms with Gasteiger partial charge in [-0.15, -0.1) is 0 Å². The van der Waals surface area contributed by atoms with Gasteiger partial charge in [-0.05, 0) is 37.3 Å². The van der Waals surface area contributed by atoms with Crippen LogP contribution in [0.25, 0.3) is 0 Å². The van der Waals surface area contributed by atoms with Crippen molar-refractivity contribution in [2.75, 3.05) is 11.6 Å². The van der Waals surface area contributed by atoms with E-state index in [9.17, 15) is 9.59 Å². The molecule has 21 heavy (non-hydrogen) atoms. The molecule has 2 rings (SSSR count). The average molecular weight is 303 g/mol. The van der Waals surface area contributed by atoms with E-state index in [1.165, 1.54) is 17.8 Å². The van der Waals surface area contributed by atoms with Gasteiger partial charge in [-0.1, -0.05) is 12.1 Å². The van der Waals surface area contributed by atoms with E-state index in [1.54, 1.807) is 0 Å². The Hall–Kier alpha value is -2.08. The Kier molecular flexibility index (Phi) is 4.80. The van der Waals surface area contributed by atoms with E-state index in [4.69, 9.17) is 0 Å². The molecule has 0 atom stereocenters. The Labute approximate surface area is 127 Å². The number of rotatable bonds is 4. The van der Waals surface area contributed by atoms with Crippen molar-refractivity contribution < 1.29 is 4.79 Å². The summed E-state index contributed by atoms with van der Waals surface area (Å²) in [6, 6.07) is 6.90. The summed E-state index contributed by atoms with van der Waals surface area (Å²) in [5, 5.41) is 2.80. The smallest absolute Gasteiger partial charge is 0.274 e. The molecule has 5 nitrogen and oxygen atoms in total. The maximum absolute atomic E-state index is 12.3. The fraction of sp³-hybridized carbons (Fsp3) is 0.267. The van der Waals surface area contributed by atoms with Crippen molar-refractivity contribution in [2.45, 2.75) is 19.6 Å². The van der Waals surface area contributed by atoms with Gasteiger partial charge in [-0.25, -0.2) is 4.98 Å². The van der Waals surface area contributed by atoms with Crippen LogP contribution in [0.3, 0.4) is 0 Å². The molecule has 0 aliphatic rings. The summed E-state index contributed by atoms with van der Waals surface area (Å²) in [5.74, 6) is 0.679. The summed E-state index contributed by atoms with van der Waals surface area (Å²) < 4.78 is 0. The molecular weight excluding hydrogens is 286 g/mol. The number of aromatic nitrogens is 2. The molecule has 0 saturated carbocycles. The normalized spacial score (nSPS) is 10.4. The Bertz CT molecular complexity index is 725. The largest absolute Gasteiger partial charge is 0.320 e. The van der Waals surface area contributed by atoms with E-state index < -0.39 is 0 Å². The molecule has 0 aliphatic carbocycles. The van der Waals surface area contributed by atoms with Crippen LogP contribution >= 0.6 is 11.8 Å². The van der Waals surface area contributed by atoms with Crippen LogP contribution in [0, 0.1) is 13.8 Å². The fourth-order valence-corrected chi connectivity index (χ4v) is 2.31. The molecule has 0 radical (unpaired) electrons. The number of carbonyl (C=O) groups excluding carboxylic acids is 1. The van der Waals surface area contributed by atoms with E-state index in [1.807, 2.05) is 38.3 Å². The minimum absolute atomic E-state index is 0.128. The van der Waals surface area contributed by atoms with Crippen LogP contribution in [-0.4, -0.2) is 22.1 Å². The molecule has 0 spiro atoms. The van der Waals surface area contributed by atoms with Gasteiger partial charge in [-0.2, -0.15) is 11.8 Å². The summed E-state index contributed by atoms with van der Waals surface area (Å²) in [7, 11) is 0. The Morgan fingerprint density at radius 3 is 2.86 bits per heavy atom. The number of hydrogen-bond acceptors (Lipinski definition) is 4. The Balaban J connectivity index is 2.28. The van der Waals surface area contributed by atoms with Crippen LogP contribution < -0.4 is 10.9 Å². The van der Waals surface area contributed by atoms with Crippen LogP contribution in [0.4, 0.5) is 5.69 Å². The molecule has 0 fully saturated rings. The van der Waals surface area contributed by atoms with Crippen LogP contribution in [-0.2, 0) is 5.75 Å². The topological polar surface area (TPSA) is 74.8 Å². The van der Waals surface area contributed by atoms with Gasteiger partial charge in [0, 0.05) is 11.8 Å². The number of aromatic amines is 1. The highest BCUT2D eigenvalue weighted by Crippen LogP contribution is 2.18. The van der Waals surface area contributed by atoms with Gasteiger partial charge in [0.15, 0.2) is 0 Å². The predicted molar refractivity (Wildman–Crippen MR) is 85.9 cm³/mol. The van der Waals surface area contributed by atoms with Crippen LogP contribution in [0.1, 0.15) is 27.4 Å². The van der Waals surface area contributed by atoms with Crippen molar-refractivity contribution in [3.8, 4) is 0 Å². The zero-order chi connectivity index (χ0) is 15.4. The third-order valence-electron chi connectivity index (χ3n) is 3.16. The van der Waals surface area contributed by atoms with Crippen LogP contribution in [0.5, 0.6) is 0 Å². The number of amides is 1. The molecule has 110 valence electrons. The lowest BCUT2D eigenvalue weighted by Crippen LogP contribution is -2.20. The third kappa shape index (κ3) is 3.72. The van der Waals surface area contributed by atoms with Crippen molar-refractivity contribution in [2.24, 2.45) is 0 Å². The molecule has 6 heteroatoms. The van der Waals surface area contributed by atoms with Gasteiger partial charge in [0.1, 0.15) is 11.5 Å². The van der Waals surface area contributed by atoms with E-state index in [0.717, 1.165) is 16.8 Å². The van der Waals surface area contributed by atoms with E-state index in [0.29, 0.717) is 11.6 Å². The number of nitrogens with zero attached hydrogens (tertiary/aromatic N) is 1. The number of carbonyl (C=O) groups is 1. The lowest BCUT2D eigenvalue weighted by atomic mass is 10.1. The second-order valence-electron chi connectivity index (χ2n) is 4.71. The maximum atomic E-state index is 12.3. The number of thioether (sulfide) groups is 1. The number of H-pyrrole nitrogens is 1. The van der Waals surface area contributed by atoms with E-state index in [2.05, 4.69) is 15.3 Å². The first-order valence-corrected chi connectivity index (χ1v) is 7.87. The highest BCUT2D eigenvalue weighted by molar-refractivity contribution is 7.97. The zero-order valence-corrected chi connectivity index (χ0v) is 13.0. The molecule has 0 aliphatic heterocycles. The average Bonchev–Trinajstić information content (AvgIpc) is 2.43. The first-order chi connectivity index (χ1) is 10.0. The van der Waals surface area contributed by atoms with Crippen molar-refractivity contribution in [3.05, 3.63) is 57.3 Å². The molecule has 1 heterocycles. The molecule has 2 aromatic rings. The molecule has 2 N–H and O–H groups in total. The molecule has 1 aromatic carbocycles. The summed E-state index contributed by atoms with van der Waals surface area (Å²) >= 11 is 1.53. The fourth-order valence-electron chi connectivity index (χ4n) is 1.90. The first kappa shape index (κ1) is 15.3. The van der Waals surface area contributed by atoms with Gasteiger partial charge in [-0.3, -0.25) is 9.59 Å². The van der Waals surface area contributed by atoms with Gasteiger partial charge in [0.05, 0.1) is 5.75 Å². The summed E-state index contributed by atoms with van der Waals surface area (Å²) in [5.41, 5.74) is 2.63. The Morgan fingerprint density at radius 2 is 2.14 bits per heavy atom. The first-order valence-electron chi connectivity index (χ1n) is 6.48. The zero-order valence-electron chi connectivity index (χ0n) is 12.2. The highest BCUT2D eigenvalue weighted by Gasteiger charge is 2.12. The summed E-state index contributed by atoms with van der Waals surface area (Å²) in [6.45, 7) is 3.92. The quantitative estimate of drug-likeness (QED) is 0.910. The maximum Gasteiger partial charge on any atom is 0.274 e. The van der Waals surface area contributed by atoms with Gasteiger partial charge < -0.3 is 10.3 Å². The number of nitrogens with one attached hydrogen (secondary N) is 2. The lowest BCUT2D eigenvalue weighted by molar-refractivity contribution is 0.102. The van der Waals surface area contributed by atoms with Gasteiger partial charge >= 0.3 is 0 Å². The van der Waals surface area contributed by atoms with Crippen LogP contribution in [0.15, 0.2) is 29.1 Å². The molecule has 1 aromatic heterocycles. The predicted octanol–water partition coefficient (Wildman–Crippen LogP) is 2.50. The molecule has 1 amide bonds. The number of benzene rings is 1. The van der Waals surface area contributed by atoms with Crippen LogP contribution in [0.2, 0.25) is 0 Å². The van der Waals surface area contributed by atoms with Crippen molar-refractivity contribution >= 4 is 23.4 Å². The highest BCUT2D eigenvalue weighted by atomic mass is 32.2. The SMILES string of the molecule is CSCc1nc(C(=O)Nc2cccc(C)c2C)cc(=O)[nH]1. The minimum atomic E-state index is -0.378. The number of anilines is 1. The van der Waals surface area contributed by atoms with Crippen molar-refractivity contribution in [3.63, 3.8) is 0 Å². The molecule has 0 bridgehead atoms. The van der Waals surface area contributed by atoms with Gasteiger partial charge in [0.2, 0.25) is 0 Å². The standard InChI is InChI=1S/C15H17N3O2S/c1-9-5-4-6-11(10(9)2)17-15(20)12-7-14(19)18-13(16-12)8-21-3/h4-7H,8H2,1-3H3,(H,17,20)(H,16,18,19). The molecule has 0 unspecified atom stereocenters. The van der Waals surface area contributed by atoms with Gasteiger partial charge in [0.25, 0.3) is 11.5 Å². The summed E-state index contributed by atoms with van der Waals surface area (Å²) in [4.78, 5) is 30.6. The summed E-state index contributed by atoms with van der Waals surface area (Å²) in [6.07, 6.45) is 1.91. The van der Waals surface area contributed by atoms with Crippen molar-refractivity contribution in [1.82, 2.24) is 9.97 Å². The molecular formula is C15H17N3O2S. The lowest BCUT2D eigenvalue weighted by Gasteiger charge is -2.10.